The highest BCUT2D eigenvalue weighted by atomic mass is 16.4. The average molecular weight is 230 g/mol. The molecule has 0 unspecified atom stereocenters. The Morgan fingerprint density at radius 2 is 2.06 bits per heavy atom. The minimum absolute atomic E-state index is 0.00761. The van der Waals surface area contributed by atoms with Crippen LogP contribution in [-0.4, -0.2) is 20.9 Å². The van der Waals surface area contributed by atoms with Crippen molar-refractivity contribution < 1.29 is 9.90 Å². The van der Waals surface area contributed by atoms with Crippen LogP contribution in [0.15, 0.2) is 36.4 Å². The maximum Gasteiger partial charge on any atom is 0.309 e. The molecule has 88 valence electrons. The van der Waals surface area contributed by atoms with Gasteiger partial charge in [0.1, 0.15) is 0 Å². The van der Waals surface area contributed by atoms with Gasteiger partial charge in [-0.3, -0.25) is 9.48 Å². The van der Waals surface area contributed by atoms with Crippen molar-refractivity contribution in [3.63, 3.8) is 0 Å². The Hall–Kier alpha value is -2.10. The van der Waals surface area contributed by atoms with E-state index in [0.29, 0.717) is 6.54 Å². The molecule has 1 heterocycles. The second-order valence-electron chi connectivity index (χ2n) is 3.99. The molecule has 0 saturated heterocycles. The second-order valence-corrected chi connectivity index (χ2v) is 3.99. The lowest BCUT2D eigenvalue weighted by molar-refractivity contribution is -0.136. The lowest BCUT2D eigenvalue weighted by Gasteiger charge is -2.05. The number of carboxylic acids is 1. The molecule has 4 heteroatoms. The van der Waals surface area contributed by atoms with Gasteiger partial charge in [0.2, 0.25) is 0 Å². The molecule has 0 atom stereocenters. The molecule has 0 amide bonds. The van der Waals surface area contributed by atoms with Gasteiger partial charge in [-0.25, -0.2) is 0 Å². The van der Waals surface area contributed by atoms with E-state index in [1.54, 1.807) is 4.68 Å². The van der Waals surface area contributed by atoms with Crippen LogP contribution in [-0.2, 0) is 17.8 Å². The summed E-state index contributed by atoms with van der Waals surface area (Å²) < 4.78 is 1.75. The SMILES string of the molecule is Cc1cc(CC(=O)O)n(Cc2ccccc2)n1. The van der Waals surface area contributed by atoms with Gasteiger partial charge in [0, 0.05) is 0 Å². The highest BCUT2D eigenvalue weighted by Crippen LogP contribution is 2.08. The van der Waals surface area contributed by atoms with E-state index in [1.165, 1.54) is 0 Å². The van der Waals surface area contributed by atoms with E-state index in [2.05, 4.69) is 5.10 Å². The molecule has 0 aliphatic carbocycles. The van der Waals surface area contributed by atoms with Crippen LogP contribution in [0.1, 0.15) is 17.0 Å². The van der Waals surface area contributed by atoms with E-state index in [4.69, 9.17) is 5.11 Å². The Kier molecular flexibility index (Phi) is 3.23. The Morgan fingerprint density at radius 3 is 2.71 bits per heavy atom. The first-order chi connectivity index (χ1) is 8.15. The quantitative estimate of drug-likeness (QED) is 0.872. The fourth-order valence-corrected chi connectivity index (χ4v) is 1.79. The molecule has 4 nitrogen and oxygen atoms in total. The van der Waals surface area contributed by atoms with Gasteiger partial charge in [-0.2, -0.15) is 5.10 Å². The minimum atomic E-state index is -0.834. The van der Waals surface area contributed by atoms with Gasteiger partial charge in [-0.1, -0.05) is 30.3 Å². The van der Waals surface area contributed by atoms with Crippen molar-refractivity contribution in [2.24, 2.45) is 0 Å². The van der Waals surface area contributed by atoms with Crippen molar-refractivity contribution in [3.8, 4) is 0 Å². The maximum absolute atomic E-state index is 10.7. The van der Waals surface area contributed by atoms with Gasteiger partial charge < -0.3 is 5.11 Å². The lowest BCUT2D eigenvalue weighted by Crippen LogP contribution is -2.10. The molecule has 1 aromatic carbocycles. The number of hydrogen-bond donors (Lipinski definition) is 1. The average Bonchev–Trinajstić information content (AvgIpc) is 2.59. The summed E-state index contributed by atoms with van der Waals surface area (Å²) in [5.41, 5.74) is 2.69. The summed E-state index contributed by atoms with van der Waals surface area (Å²) in [7, 11) is 0. The molecule has 1 aromatic heterocycles. The Balaban J connectivity index is 2.23. The summed E-state index contributed by atoms with van der Waals surface area (Å²) in [6.07, 6.45) is 0.00761. The molecule has 0 spiro atoms. The van der Waals surface area contributed by atoms with Gasteiger partial charge >= 0.3 is 5.97 Å². The number of rotatable bonds is 4. The Morgan fingerprint density at radius 1 is 1.35 bits per heavy atom. The summed E-state index contributed by atoms with van der Waals surface area (Å²) in [6.45, 7) is 2.48. The molecule has 0 fully saturated rings. The van der Waals surface area contributed by atoms with Gasteiger partial charge in [-0.15, -0.1) is 0 Å². The highest BCUT2D eigenvalue weighted by Gasteiger charge is 2.09. The smallest absolute Gasteiger partial charge is 0.309 e. The number of nitrogens with zero attached hydrogens (tertiary/aromatic N) is 2. The standard InChI is InChI=1S/C13H14N2O2/c1-10-7-12(8-13(16)17)15(14-10)9-11-5-3-2-4-6-11/h2-7H,8-9H2,1H3,(H,16,17). The molecular weight excluding hydrogens is 216 g/mol. The topological polar surface area (TPSA) is 55.1 Å². The fraction of sp³-hybridized carbons (Fsp3) is 0.231. The van der Waals surface area contributed by atoms with E-state index >= 15 is 0 Å². The first-order valence-corrected chi connectivity index (χ1v) is 5.44. The Bertz CT molecular complexity index is 517. The molecule has 0 aliphatic rings. The first-order valence-electron chi connectivity index (χ1n) is 5.44. The molecule has 0 radical (unpaired) electrons. The third-order valence-electron chi connectivity index (χ3n) is 2.49. The molecular formula is C13H14N2O2. The number of aryl methyl sites for hydroxylation is 1. The predicted octanol–water partition coefficient (Wildman–Crippen LogP) is 1.87. The molecule has 0 aliphatic heterocycles. The van der Waals surface area contributed by atoms with Crippen LogP contribution < -0.4 is 0 Å². The van der Waals surface area contributed by atoms with Crippen LogP contribution in [0.5, 0.6) is 0 Å². The number of aromatic nitrogens is 2. The zero-order chi connectivity index (χ0) is 12.3. The number of benzene rings is 1. The third kappa shape index (κ3) is 2.93. The maximum atomic E-state index is 10.7. The monoisotopic (exact) mass is 230 g/mol. The van der Waals surface area contributed by atoms with Crippen molar-refractivity contribution in [1.82, 2.24) is 9.78 Å². The second kappa shape index (κ2) is 4.82. The van der Waals surface area contributed by atoms with E-state index in [-0.39, 0.29) is 6.42 Å². The van der Waals surface area contributed by atoms with Crippen molar-refractivity contribution in [2.75, 3.05) is 0 Å². The van der Waals surface area contributed by atoms with Crippen LogP contribution in [0.3, 0.4) is 0 Å². The Labute approximate surface area is 99.5 Å². The minimum Gasteiger partial charge on any atom is -0.481 e. The van der Waals surface area contributed by atoms with Gasteiger partial charge in [0.15, 0.2) is 0 Å². The van der Waals surface area contributed by atoms with Crippen molar-refractivity contribution in [2.45, 2.75) is 19.9 Å². The number of hydrogen-bond acceptors (Lipinski definition) is 2. The normalized spacial score (nSPS) is 10.4. The van der Waals surface area contributed by atoms with Gasteiger partial charge in [-0.05, 0) is 18.6 Å². The number of carboxylic acid groups (broad SMARTS) is 1. The zero-order valence-electron chi connectivity index (χ0n) is 9.63. The summed E-state index contributed by atoms with van der Waals surface area (Å²) in [4.78, 5) is 10.7. The summed E-state index contributed by atoms with van der Waals surface area (Å²) in [5.74, 6) is -0.834. The number of aliphatic carboxylic acids is 1. The van der Waals surface area contributed by atoms with Crippen LogP contribution in [0.2, 0.25) is 0 Å². The summed E-state index contributed by atoms with van der Waals surface area (Å²) >= 11 is 0. The summed E-state index contributed by atoms with van der Waals surface area (Å²) in [5, 5.41) is 13.1. The zero-order valence-corrected chi connectivity index (χ0v) is 9.63. The van der Waals surface area contributed by atoms with Crippen molar-refractivity contribution >= 4 is 5.97 Å². The molecule has 2 rings (SSSR count). The predicted molar refractivity (Wildman–Crippen MR) is 63.8 cm³/mol. The van der Waals surface area contributed by atoms with Crippen LogP contribution in [0, 0.1) is 6.92 Å². The van der Waals surface area contributed by atoms with Crippen LogP contribution >= 0.6 is 0 Å². The van der Waals surface area contributed by atoms with Crippen molar-refractivity contribution in [3.05, 3.63) is 53.3 Å². The largest absolute Gasteiger partial charge is 0.481 e. The van der Waals surface area contributed by atoms with E-state index in [9.17, 15) is 4.79 Å². The first kappa shape index (κ1) is 11.4. The molecule has 0 bridgehead atoms. The fourth-order valence-electron chi connectivity index (χ4n) is 1.79. The van der Waals surface area contributed by atoms with E-state index < -0.39 is 5.97 Å². The van der Waals surface area contributed by atoms with Gasteiger partial charge in [0.05, 0.1) is 24.4 Å². The molecule has 1 N–H and O–H groups in total. The van der Waals surface area contributed by atoms with Crippen molar-refractivity contribution in [1.29, 1.82) is 0 Å². The van der Waals surface area contributed by atoms with Gasteiger partial charge in [0.25, 0.3) is 0 Å². The number of carbonyl (C=O) groups is 1. The van der Waals surface area contributed by atoms with Crippen LogP contribution in [0.4, 0.5) is 0 Å². The van der Waals surface area contributed by atoms with E-state index in [1.807, 2.05) is 43.3 Å². The molecule has 17 heavy (non-hydrogen) atoms. The molecule has 2 aromatic rings. The highest BCUT2D eigenvalue weighted by molar-refractivity contribution is 5.69. The third-order valence-corrected chi connectivity index (χ3v) is 2.49. The van der Waals surface area contributed by atoms with Crippen LogP contribution in [0.25, 0.3) is 0 Å². The van der Waals surface area contributed by atoms with E-state index in [0.717, 1.165) is 17.0 Å². The summed E-state index contributed by atoms with van der Waals surface area (Å²) in [6, 6.07) is 11.7. The lowest BCUT2D eigenvalue weighted by atomic mass is 10.2. The molecule has 0 saturated carbocycles.